The third-order valence-corrected chi connectivity index (χ3v) is 5.40. The lowest BCUT2D eigenvalue weighted by molar-refractivity contribution is 0.0693. The van der Waals surface area contributed by atoms with Crippen LogP contribution in [0.3, 0.4) is 0 Å². The van der Waals surface area contributed by atoms with Gasteiger partial charge in [0.1, 0.15) is 11.6 Å². The predicted octanol–water partition coefficient (Wildman–Crippen LogP) is 6.44. The van der Waals surface area contributed by atoms with Crippen molar-refractivity contribution in [3.63, 3.8) is 0 Å². The maximum absolute atomic E-state index is 12.9. The molecule has 0 aliphatic rings. The van der Waals surface area contributed by atoms with E-state index in [1.54, 1.807) is 12.1 Å². The molecule has 0 saturated carbocycles. The molecule has 0 aliphatic heterocycles. The van der Waals surface area contributed by atoms with Crippen molar-refractivity contribution in [2.75, 3.05) is 0 Å². The number of nitrogens with zero attached hydrogens (tertiary/aromatic N) is 2. The molecule has 0 radical (unpaired) electrons. The molecular formula is C29H22N2O2. The molecule has 1 heterocycles. The molecule has 0 unspecified atom stereocenters. The number of aromatic nitrogens is 2. The number of hydrogen-bond donors (Lipinski definition) is 0. The zero-order chi connectivity index (χ0) is 22.5. The molecule has 0 atom stereocenters. The number of carbonyl (C=O) groups excluding carboxylic acids is 1. The highest BCUT2D eigenvalue weighted by molar-refractivity contribution is 5.95. The monoisotopic (exact) mass is 430 g/mol. The number of imidazole rings is 1. The van der Waals surface area contributed by atoms with E-state index >= 15 is 0 Å². The second-order valence-corrected chi connectivity index (χ2v) is 7.66. The van der Waals surface area contributed by atoms with Crippen LogP contribution in [0.2, 0.25) is 0 Å². The van der Waals surface area contributed by atoms with Crippen molar-refractivity contribution in [2.24, 2.45) is 0 Å². The van der Waals surface area contributed by atoms with E-state index in [0.717, 1.165) is 28.0 Å². The molecule has 0 N–H and O–H groups in total. The second kappa shape index (κ2) is 9.37. The lowest BCUT2D eigenvalue weighted by Crippen LogP contribution is -2.06. The quantitative estimate of drug-likeness (QED) is 0.230. The first kappa shape index (κ1) is 20.5. The van der Waals surface area contributed by atoms with Crippen LogP contribution in [0.5, 0.6) is 0 Å². The SMILES string of the molecule is O=C(O/C(=C\c1nc2ccccc2n1Cc1ccccc1)c1ccccc1)c1ccccc1. The normalized spacial score (nSPS) is 11.5. The van der Waals surface area contributed by atoms with Gasteiger partial charge in [-0.05, 0) is 29.8 Å². The van der Waals surface area contributed by atoms with Crippen LogP contribution < -0.4 is 0 Å². The lowest BCUT2D eigenvalue weighted by atomic mass is 10.1. The summed E-state index contributed by atoms with van der Waals surface area (Å²) in [4.78, 5) is 17.7. The fourth-order valence-corrected chi connectivity index (χ4v) is 3.76. The molecule has 33 heavy (non-hydrogen) atoms. The van der Waals surface area contributed by atoms with E-state index in [4.69, 9.17) is 9.72 Å². The van der Waals surface area contributed by atoms with E-state index in [1.165, 1.54) is 0 Å². The summed E-state index contributed by atoms with van der Waals surface area (Å²) in [7, 11) is 0. The Hall–Kier alpha value is -4.44. The smallest absolute Gasteiger partial charge is 0.343 e. The molecule has 4 nitrogen and oxygen atoms in total. The largest absolute Gasteiger partial charge is 0.422 e. The number of ether oxygens (including phenoxy) is 1. The van der Waals surface area contributed by atoms with E-state index in [2.05, 4.69) is 22.8 Å². The highest BCUT2D eigenvalue weighted by atomic mass is 16.5. The Morgan fingerprint density at radius 2 is 1.30 bits per heavy atom. The third kappa shape index (κ3) is 4.60. The standard InChI is InChI=1S/C29H22N2O2/c32-29(24-16-8-3-9-17-24)33-27(23-14-6-2-7-15-23)20-28-30-25-18-10-11-19-26(25)31(28)21-22-12-4-1-5-13-22/h1-20H,21H2/b27-20-. The van der Waals surface area contributed by atoms with Crippen LogP contribution in [-0.2, 0) is 11.3 Å². The predicted molar refractivity (Wildman–Crippen MR) is 131 cm³/mol. The molecule has 5 rings (SSSR count). The van der Waals surface area contributed by atoms with Gasteiger partial charge in [-0.15, -0.1) is 0 Å². The van der Waals surface area contributed by atoms with Gasteiger partial charge in [0.05, 0.1) is 16.6 Å². The highest BCUT2D eigenvalue weighted by Crippen LogP contribution is 2.25. The van der Waals surface area contributed by atoms with Crippen LogP contribution in [0, 0.1) is 0 Å². The maximum atomic E-state index is 12.9. The molecule has 4 heteroatoms. The van der Waals surface area contributed by atoms with Crippen molar-refractivity contribution < 1.29 is 9.53 Å². The first-order valence-electron chi connectivity index (χ1n) is 10.8. The zero-order valence-electron chi connectivity index (χ0n) is 18.0. The average molecular weight is 431 g/mol. The van der Waals surface area contributed by atoms with Gasteiger partial charge in [-0.3, -0.25) is 0 Å². The van der Waals surface area contributed by atoms with E-state index in [1.807, 2.05) is 91.0 Å². The van der Waals surface area contributed by atoms with Gasteiger partial charge in [-0.25, -0.2) is 9.78 Å². The van der Waals surface area contributed by atoms with Gasteiger partial charge in [0.15, 0.2) is 0 Å². The summed E-state index contributed by atoms with van der Waals surface area (Å²) >= 11 is 0. The van der Waals surface area contributed by atoms with E-state index < -0.39 is 5.97 Å². The molecule has 4 aromatic carbocycles. The summed E-state index contributed by atoms with van der Waals surface area (Å²) in [5.74, 6) is 0.769. The fourth-order valence-electron chi connectivity index (χ4n) is 3.76. The Morgan fingerprint density at radius 3 is 2.00 bits per heavy atom. The Labute approximate surface area is 192 Å². The van der Waals surface area contributed by atoms with Crippen LogP contribution in [0.4, 0.5) is 0 Å². The zero-order valence-corrected chi connectivity index (χ0v) is 18.0. The van der Waals surface area contributed by atoms with Gasteiger partial charge in [-0.1, -0.05) is 91.0 Å². The van der Waals surface area contributed by atoms with Gasteiger partial charge in [0.2, 0.25) is 0 Å². The molecule has 0 saturated heterocycles. The first-order valence-corrected chi connectivity index (χ1v) is 10.8. The average Bonchev–Trinajstić information content (AvgIpc) is 3.22. The summed E-state index contributed by atoms with van der Waals surface area (Å²) < 4.78 is 8.04. The summed E-state index contributed by atoms with van der Waals surface area (Å²) in [6, 6.07) is 36.9. The summed E-state index contributed by atoms with van der Waals surface area (Å²) in [5, 5.41) is 0. The number of esters is 1. The third-order valence-electron chi connectivity index (χ3n) is 5.40. The van der Waals surface area contributed by atoms with Gasteiger partial charge in [-0.2, -0.15) is 0 Å². The fraction of sp³-hybridized carbons (Fsp3) is 0.0345. The summed E-state index contributed by atoms with van der Waals surface area (Å²) in [6.45, 7) is 0.655. The van der Waals surface area contributed by atoms with Gasteiger partial charge in [0, 0.05) is 18.2 Å². The Balaban J connectivity index is 1.61. The Kier molecular flexibility index (Phi) is 5.81. The van der Waals surface area contributed by atoms with Crippen LogP contribution in [0.15, 0.2) is 115 Å². The topological polar surface area (TPSA) is 44.1 Å². The number of rotatable bonds is 6. The molecule has 0 aliphatic carbocycles. The second-order valence-electron chi connectivity index (χ2n) is 7.66. The summed E-state index contributed by atoms with van der Waals surface area (Å²) in [5.41, 5.74) is 4.38. The van der Waals surface area contributed by atoms with Crippen molar-refractivity contribution in [1.82, 2.24) is 9.55 Å². The minimum atomic E-state index is -0.406. The van der Waals surface area contributed by atoms with E-state index in [0.29, 0.717) is 17.9 Å². The van der Waals surface area contributed by atoms with E-state index in [-0.39, 0.29) is 0 Å². The summed E-state index contributed by atoms with van der Waals surface area (Å²) in [6.07, 6.45) is 1.85. The Morgan fingerprint density at radius 1 is 0.727 bits per heavy atom. The van der Waals surface area contributed by atoms with Crippen LogP contribution in [-0.4, -0.2) is 15.5 Å². The molecule has 5 aromatic rings. The number of hydrogen-bond acceptors (Lipinski definition) is 3. The first-order chi connectivity index (χ1) is 16.3. The molecule has 0 fully saturated rings. The van der Waals surface area contributed by atoms with Gasteiger partial charge < -0.3 is 9.30 Å². The van der Waals surface area contributed by atoms with Crippen molar-refractivity contribution in [3.8, 4) is 0 Å². The molecular weight excluding hydrogens is 408 g/mol. The minimum absolute atomic E-state index is 0.406. The number of para-hydroxylation sites is 2. The van der Waals surface area contributed by atoms with Crippen LogP contribution >= 0.6 is 0 Å². The Bertz CT molecular complexity index is 1410. The molecule has 0 bridgehead atoms. The van der Waals surface area contributed by atoms with Crippen molar-refractivity contribution >= 4 is 28.8 Å². The number of fused-ring (bicyclic) bond motifs is 1. The highest BCUT2D eigenvalue weighted by Gasteiger charge is 2.15. The van der Waals surface area contributed by atoms with E-state index in [9.17, 15) is 4.79 Å². The minimum Gasteiger partial charge on any atom is -0.422 e. The molecule has 0 amide bonds. The van der Waals surface area contributed by atoms with Crippen LogP contribution in [0.25, 0.3) is 22.9 Å². The lowest BCUT2D eigenvalue weighted by Gasteiger charge is -2.11. The number of benzene rings is 4. The molecule has 1 aromatic heterocycles. The van der Waals surface area contributed by atoms with Gasteiger partial charge in [0.25, 0.3) is 0 Å². The van der Waals surface area contributed by atoms with Crippen molar-refractivity contribution in [2.45, 2.75) is 6.54 Å². The molecule has 160 valence electrons. The van der Waals surface area contributed by atoms with Crippen molar-refractivity contribution in [1.29, 1.82) is 0 Å². The van der Waals surface area contributed by atoms with Gasteiger partial charge >= 0.3 is 5.97 Å². The maximum Gasteiger partial charge on any atom is 0.343 e. The van der Waals surface area contributed by atoms with Crippen LogP contribution in [0.1, 0.15) is 27.3 Å². The molecule has 0 spiro atoms. The van der Waals surface area contributed by atoms with Crippen molar-refractivity contribution in [3.05, 3.63) is 138 Å². The number of carbonyl (C=O) groups is 1.